The van der Waals surface area contributed by atoms with E-state index in [4.69, 9.17) is 0 Å². The van der Waals surface area contributed by atoms with E-state index in [1.165, 1.54) is 12.1 Å². The summed E-state index contributed by atoms with van der Waals surface area (Å²) in [5.41, 5.74) is 1.37. The summed E-state index contributed by atoms with van der Waals surface area (Å²) < 4.78 is 4.66. The molecule has 9 nitrogen and oxygen atoms in total. The highest BCUT2D eigenvalue weighted by atomic mass is 32.2. The van der Waals surface area contributed by atoms with Gasteiger partial charge in [-0.1, -0.05) is 0 Å². The second-order valence-corrected chi connectivity index (χ2v) is 8.16. The van der Waals surface area contributed by atoms with Crippen molar-refractivity contribution < 1.29 is 0 Å². The van der Waals surface area contributed by atoms with E-state index in [0.717, 1.165) is 50.7 Å². The Morgan fingerprint density at radius 1 is 1.24 bits per heavy atom. The van der Waals surface area contributed by atoms with Crippen molar-refractivity contribution in [2.45, 2.75) is 31.5 Å². The first kappa shape index (κ1) is 14.8. The van der Waals surface area contributed by atoms with Gasteiger partial charge in [-0.15, -0.1) is 4.41 Å². The summed E-state index contributed by atoms with van der Waals surface area (Å²) >= 11 is 1.91. The molecule has 0 saturated carbocycles. The average Bonchev–Trinajstić information content (AvgIpc) is 3.35. The number of hydrazine groups is 3. The third-order valence-corrected chi connectivity index (χ3v) is 6.99. The lowest BCUT2D eigenvalue weighted by atomic mass is 9.84. The van der Waals surface area contributed by atoms with E-state index < -0.39 is 0 Å². The number of piperazine rings is 1. The van der Waals surface area contributed by atoms with Crippen molar-refractivity contribution in [1.29, 1.82) is 0 Å². The first-order valence-electron chi connectivity index (χ1n) is 9.19. The van der Waals surface area contributed by atoms with Crippen LogP contribution in [-0.2, 0) is 6.42 Å². The number of aromatic nitrogens is 3. The highest BCUT2D eigenvalue weighted by Crippen LogP contribution is 2.43. The third-order valence-electron chi connectivity index (χ3n) is 5.97. The maximum absolute atomic E-state index is 4.53. The van der Waals surface area contributed by atoms with E-state index >= 15 is 0 Å². The zero-order valence-corrected chi connectivity index (χ0v) is 14.9. The highest BCUT2D eigenvalue weighted by Gasteiger charge is 2.49. The van der Waals surface area contributed by atoms with Crippen molar-refractivity contribution in [3.63, 3.8) is 0 Å². The van der Waals surface area contributed by atoms with Crippen LogP contribution in [0, 0.1) is 5.92 Å². The second kappa shape index (κ2) is 5.58. The standard InChI is InChI=1S/C15H23N9S/c1-2-14-18-9-19-22(14)13-3-4-17-15(12(1)13)23-24-20(10-25-23)8-11-7-16-5-6-21(11)24/h8-9,12-13,15-17H,1-7,10H2. The molecule has 0 spiro atoms. The van der Waals surface area contributed by atoms with Gasteiger partial charge in [0, 0.05) is 31.6 Å². The Labute approximate surface area is 151 Å². The molecule has 6 rings (SSSR count). The van der Waals surface area contributed by atoms with Crippen molar-refractivity contribution in [2.75, 3.05) is 32.1 Å². The first-order chi connectivity index (χ1) is 12.4. The Hall–Kier alpha value is -1.33. The van der Waals surface area contributed by atoms with Gasteiger partial charge in [-0.2, -0.15) is 5.10 Å². The minimum absolute atomic E-state index is 0.328. The van der Waals surface area contributed by atoms with E-state index in [2.05, 4.69) is 51.3 Å². The molecule has 0 aliphatic carbocycles. The molecule has 0 bridgehead atoms. The molecule has 3 fully saturated rings. The summed E-state index contributed by atoms with van der Waals surface area (Å²) in [6.07, 6.45) is 7.67. The van der Waals surface area contributed by atoms with E-state index in [-0.39, 0.29) is 0 Å². The quantitative estimate of drug-likeness (QED) is 0.658. The lowest BCUT2D eigenvalue weighted by molar-refractivity contribution is -0.223. The summed E-state index contributed by atoms with van der Waals surface area (Å²) in [4.78, 5) is 4.45. The zero-order valence-electron chi connectivity index (χ0n) is 14.1. The van der Waals surface area contributed by atoms with Gasteiger partial charge in [0.05, 0.1) is 30.3 Å². The summed E-state index contributed by atoms with van der Waals surface area (Å²) in [5, 5.41) is 18.9. The molecule has 10 heteroatoms. The van der Waals surface area contributed by atoms with Crippen molar-refractivity contribution in [1.82, 2.24) is 45.1 Å². The topological polar surface area (TPSA) is 67.7 Å². The van der Waals surface area contributed by atoms with Gasteiger partial charge in [-0.05, 0) is 36.6 Å². The molecule has 3 saturated heterocycles. The molecule has 5 aliphatic heterocycles. The fraction of sp³-hybridized carbons (Fsp3) is 0.733. The molecule has 6 heterocycles. The molecular formula is C15H23N9S. The predicted octanol–water partition coefficient (Wildman–Crippen LogP) is -0.268. The van der Waals surface area contributed by atoms with Crippen molar-refractivity contribution >= 4 is 11.9 Å². The molecule has 3 atom stereocenters. The second-order valence-electron chi connectivity index (χ2n) is 7.27. The van der Waals surface area contributed by atoms with Gasteiger partial charge in [0.15, 0.2) is 0 Å². The number of rotatable bonds is 1. The first-order valence-corrected chi connectivity index (χ1v) is 10.1. The van der Waals surface area contributed by atoms with Gasteiger partial charge in [0.2, 0.25) is 0 Å². The fourth-order valence-corrected chi connectivity index (χ4v) is 5.95. The van der Waals surface area contributed by atoms with Crippen LogP contribution in [0.5, 0.6) is 0 Å². The maximum Gasteiger partial charge on any atom is 0.138 e. The summed E-state index contributed by atoms with van der Waals surface area (Å²) in [7, 11) is 0. The molecule has 0 aromatic carbocycles. The number of aryl methyl sites for hydroxylation is 1. The zero-order chi connectivity index (χ0) is 16.4. The number of nitrogens with zero attached hydrogens (tertiary/aromatic N) is 7. The highest BCUT2D eigenvalue weighted by molar-refractivity contribution is 7.97. The van der Waals surface area contributed by atoms with Crippen molar-refractivity contribution in [2.24, 2.45) is 5.92 Å². The third kappa shape index (κ3) is 2.12. The van der Waals surface area contributed by atoms with Crippen molar-refractivity contribution in [3.05, 3.63) is 24.0 Å². The van der Waals surface area contributed by atoms with Gasteiger partial charge in [-0.25, -0.2) is 9.67 Å². The summed E-state index contributed by atoms with van der Waals surface area (Å²) in [5.74, 6) is 2.69. The Bertz CT molecular complexity index is 705. The van der Waals surface area contributed by atoms with Gasteiger partial charge < -0.3 is 5.32 Å². The van der Waals surface area contributed by atoms with Crippen LogP contribution in [0.3, 0.4) is 0 Å². The lowest BCUT2D eigenvalue weighted by Crippen LogP contribution is -2.62. The molecule has 1 aromatic heterocycles. The Morgan fingerprint density at radius 3 is 3.24 bits per heavy atom. The number of fused-ring (bicyclic) bond motifs is 6. The minimum atomic E-state index is 0.328. The van der Waals surface area contributed by atoms with Crippen LogP contribution in [0.4, 0.5) is 0 Å². The smallest absolute Gasteiger partial charge is 0.138 e. The predicted molar refractivity (Wildman–Crippen MR) is 92.9 cm³/mol. The minimum Gasteiger partial charge on any atom is -0.309 e. The Kier molecular flexibility index (Phi) is 3.30. The van der Waals surface area contributed by atoms with Crippen LogP contribution in [0.2, 0.25) is 0 Å². The summed E-state index contributed by atoms with van der Waals surface area (Å²) in [6, 6.07) is 0.463. The Balaban J connectivity index is 1.29. The molecule has 5 aliphatic rings. The van der Waals surface area contributed by atoms with Crippen LogP contribution in [0.1, 0.15) is 24.7 Å². The van der Waals surface area contributed by atoms with E-state index in [0.29, 0.717) is 18.1 Å². The fourth-order valence-electron chi connectivity index (χ4n) is 4.86. The number of hydrogen-bond acceptors (Lipinski definition) is 9. The number of piperidine rings is 1. The molecular weight excluding hydrogens is 338 g/mol. The molecule has 3 unspecified atom stereocenters. The van der Waals surface area contributed by atoms with E-state index in [9.17, 15) is 0 Å². The van der Waals surface area contributed by atoms with Gasteiger partial charge in [0.1, 0.15) is 12.2 Å². The van der Waals surface area contributed by atoms with E-state index in [1.807, 2.05) is 11.9 Å². The lowest BCUT2D eigenvalue weighted by Gasteiger charge is -2.48. The van der Waals surface area contributed by atoms with Crippen LogP contribution >= 0.6 is 11.9 Å². The van der Waals surface area contributed by atoms with Crippen LogP contribution in [-0.4, -0.2) is 72.6 Å². The molecule has 2 N–H and O–H groups in total. The molecule has 1 aromatic rings. The summed E-state index contributed by atoms with van der Waals surface area (Å²) in [6.45, 7) is 4.04. The number of hydrogen-bond donors (Lipinski definition) is 2. The monoisotopic (exact) mass is 361 g/mol. The van der Waals surface area contributed by atoms with Gasteiger partial charge in [0.25, 0.3) is 0 Å². The largest absolute Gasteiger partial charge is 0.309 e. The van der Waals surface area contributed by atoms with E-state index in [1.54, 1.807) is 6.33 Å². The molecule has 0 amide bonds. The molecule has 0 radical (unpaired) electrons. The maximum atomic E-state index is 4.53. The number of nitrogens with one attached hydrogen (secondary N) is 2. The van der Waals surface area contributed by atoms with Crippen LogP contribution in [0.25, 0.3) is 0 Å². The molecule has 134 valence electrons. The van der Waals surface area contributed by atoms with Crippen LogP contribution < -0.4 is 10.6 Å². The van der Waals surface area contributed by atoms with Gasteiger partial charge in [-0.3, -0.25) is 15.3 Å². The van der Waals surface area contributed by atoms with Gasteiger partial charge >= 0.3 is 0 Å². The Morgan fingerprint density at radius 2 is 2.24 bits per heavy atom. The molecule has 25 heavy (non-hydrogen) atoms. The average molecular weight is 361 g/mol. The van der Waals surface area contributed by atoms with Crippen LogP contribution in [0.15, 0.2) is 18.2 Å². The van der Waals surface area contributed by atoms with Crippen molar-refractivity contribution in [3.8, 4) is 0 Å². The normalized spacial score (nSPS) is 35.2. The SMILES string of the molecule is C1=C2CNCCN2N2N1CSN2C1NCCC2C1CCc1ncnn12.